The molecule has 0 radical (unpaired) electrons. The Bertz CT molecular complexity index is 499. The van der Waals surface area contributed by atoms with Crippen LogP contribution in [0, 0.1) is 0 Å². The molecule has 2 nitrogen and oxygen atoms in total. The Kier molecular flexibility index (Phi) is 4.15. The van der Waals surface area contributed by atoms with Gasteiger partial charge in [-0.2, -0.15) is 0 Å². The molecule has 2 rings (SSSR count). The lowest BCUT2D eigenvalue weighted by atomic mass is 10.2. The minimum absolute atomic E-state index is 0.664. The summed E-state index contributed by atoms with van der Waals surface area (Å²) < 4.78 is 5.80. The predicted molar refractivity (Wildman–Crippen MR) is 72.8 cm³/mol. The van der Waals surface area contributed by atoms with E-state index < -0.39 is 0 Å². The molecule has 0 saturated heterocycles. The van der Waals surface area contributed by atoms with Gasteiger partial charge in [-0.1, -0.05) is 41.1 Å². The molecule has 0 aliphatic rings. The number of rotatable bonds is 4. The molecule has 0 aliphatic carbocycles. The molecule has 0 aliphatic heterocycles. The zero-order valence-corrected chi connectivity index (χ0v) is 11.3. The summed E-state index contributed by atoms with van der Waals surface area (Å²) >= 11 is 3.43. The third-order valence-electron chi connectivity index (χ3n) is 2.52. The maximum Gasteiger partial charge on any atom is 0.223 e. The molecule has 0 N–H and O–H groups in total. The minimum Gasteiger partial charge on any atom is -0.439 e. The van der Waals surface area contributed by atoms with Crippen LogP contribution in [0.15, 0.2) is 42.6 Å². The van der Waals surface area contributed by atoms with Crippen molar-refractivity contribution >= 4 is 15.9 Å². The molecule has 0 spiro atoms. The number of halogens is 1. The van der Waals surface area contributed by atoms with Crippen molar-refractivity contribution in [3.8, 4) is 11.6 Å². The first-order valence-electron chi connectivity index (χ1n) is 5.60. The Morgan fingerprint density at radius 1 is 1.24 bits per heavy atom. The molecule has 2 aromatic rings. The second-order valence-electron chi connectivity index (χ2n) is 3.70. The normalized spacial score (nSPS) is 10.2. The summed E-state index contributed by atoms with van der Waals surface area (Å²) in [5.41, 5.74) is 2.31. The Morgan fingerprint density at radius 3 is 2.88 bits per heavy atom. The predicted octanol–water partition coefficient (Wildman–Crippen LogP) is 4.33. The van der Waals surface area contributed by atoms with E-state index in [0.29, 0.717) is 5.88 Å². The summed E-state index contributed by atoms with van der Waals surface area (Å²) in [4.78, 5) is 4.25. The Balaban J connectivity index is 2.24. The molecule has 0 saturated carbocycles. The van der Waals surface area contributed by atoms with Gasteiger partial charge in [-0.15, -0.1) is 0 Å². The second kappa shape index (κ2) is 5.82. The van der Waals surface area contributed by atoms with E-state index in [9.17, 15) is 0 Å². The minimum atomic E-state index is 0.664. The number of ether oxygens (including phenoxy) is 1. The van der Waals surface area contributed by atoms with Crippen LogP contribution in [-0.2, 0) is 11.8 Å². The standard InChI is InChI=1S/C14H14BrNO/c1-2-11-5-3-7-13(9-11)17-14-12(10-15)6-4-8-16-14/h3-9H,2,10H2,1H3. The van der Waals surface area contributed by atoms with Crippen LogP contribution in [0.5, 0.6) is 11.6 Å². The summed E-state index contributed by atoms with van der Waals surface area (Å²) in [6.07, 6.45) is 2.75. The summed E-state index contributed by atoms with van der Waals surface area (Å²) in [5, 5.41) is 0.740. The van der Waals surface area contributed by atoms with Gasteiger partial charge in [-0.25, -0.2) is 4.98 Å². The third-order valence-corrected chi connectivity index (χ3v) is 3.12. The first-order valence-corrected chi connectivity index (χ1v) is 6.72. The van der Waals surface area contributed by atoms with Crippen molar-refractivity contribution in [3.05, 3.63) is 53.7 Å². The molecule has 1 aromatic carbocycles. The van der Waals surface area contributed by atoms with Crippen LogP contribution in [0.3, 0.4) is 0 Å². The molecule has 1 heterocycles. The Labute approximate surface area is 110 Å². The number of hydrogen-bond acceptors (Lipinski definition) is 2. The number of aromatic nitrogens is 1. The molecule has 0 atom stereocenters. The summed E-state index contributed by atoms with van der Waals surface area (Å²) in [7, 11) is 0. The van der Waals surface area contributed by atoms with Gasteiger partial charge in [0.2, 0.25) is 5.88 Å². The van der Waals surface area contributed by atoms with Crippen molar-refractivity contribution < 1.29 is 4.74 Å². The van der Waals surface area contributed by atoms with Crippen molar-refractivity contribution in [2.45, 2.75) is 18.7 Å². The fourth-order valence-electron chi connectivity index (χ4n) is 1.56. The van der Waals surface area contributed by atoms with E-state index >= 15 is 0 Å². The van der Waals surface area contributed by atoms with Crippen LogP contribution in [-0.4, -0.2) is 4.98 Å². The fraction of sp³-hybridized carbons (Fsp3) is 0.214. The van der Waals surface area contributed by atoms with Crippen molar-refractivity contribution in [2.24, 2.45) is 0 Å². The maximum absolute atomic E-state index is 5.80. The van der Waals surface area contributed by atoms with Crippen molar-refractivity contribution in [1.29, 1.82) is 0 Å². The van der Waals surface area contributed by atoms with Gasteiger partial charge in [-0.3, -0.25) is 0 Å². The maximum atomic E-state index is 5.80. The average Bonchev–Trinajstić information content (AvgIpc) is 2.39. The van der Waals surface area contributed by atoms with Crippen LogP contribution in [0.2, 0.25) is 0 Å². The number of benzene rings is 1. The smallest absolute Gasteiger partial charge is 0.223 e. The summed E-state index contributed by atoms with van der Waals surface area (Å²) in [6.45, 7) is 2.13. The summed E-state index contributed by atoms with van der Waals surface area (Å²) in [6, 6.07) is 12.0. The zero-order chi connectivity index (χ0) is 12.1. The van der Waals surface area contributed by atoms with Crippen LogP contribution < -0.4 is 4.74 Å². The van der Waals surface area contributed by atoms with E-state index in [-0.39, 0.29) is 0 Å². The van der Waals surface area contributed by atoms with Gasteiger partial charge in [-0.05, 0) is 30.2 Å². The average molecular weight is 292 g/mol. The van der Waals surface area contributed by atoms with Crippen molar-refractivity contribution in [2.75, 3.05) is 0 Å². The third kappa shape index (κ3) is 3.07. The van der Waals surface area contributed by atoms with E-state index in [2.05, 4.69) is 33.9 Å². The van der Waals surface area contributed by atoms with E-state index in [1.54, 1.807) is 6.20 Å². The van der Waals surface area contributed by atoms with Crippen molar-refractivity contribution in [3.63, 3.8) is 0 Å². The molecule has 0 unspecified atom stereocenters. The molecule has 0 fully saturated rings. The van der Waals surface area contributed by atoms with Gasteiger partial charge in [0, 0.05) is 17.1 Å². The monoisotopic (exact) mass is 291 g/mol. The van der Waals surface area contributed by atoms with Gasteiger partial charge < -0.3 is 4.74 Å². The lowest BCUT2D eigenvalue weighted by Gasteiger charge is -2.08. The molecule has 0 bridgehead atoms. The first kappa shape index (κ1) is 12.1. The molecular weight excluding hydrogens is 278 g/mol. The van der Waals surface area contributed by atoms with Gasteiger partial charge in [0.25, 0.3) is 0 Å². The SMILES string of the molecule is CCc1cccc(Oc2ncccc2CBr)c1. The number of hydrogen-bond donors (Lipinski definition) is 0. The van der Waals surface area contributed by atoms with E-state index in [1.807, 2.05) is 30.3 Å². The molecule has 0 amide bonds. The second-order valence-corrected chi connectivity index (χ2v) is 4.27. The zero-order valence-electron chi connectivity index (χ0n) is 9.69. The van der Waals surface area contributed by atoms with Gasteiger partial charge >= 0.3 is 0 Å². The van der Waals surface area contributed by atoms with E-state index in [4.69, 9.17) is 4.74 Å². The van der Waals surface area contributed by atoms with Crippen LogP contribution in [0.4, 0.5) is 0 Å². The van der Waals surface area contributed by atoms with E-state index in [1.165, 1.54) is 5.56 Å². The highest BCUT2D eigenvalue weighted by molar-refractivity contribution is 9.08. The summed E-state index contributed by atoms with van der Waals surface area (Å²) in [5.74, 6) is 1.50. The lowest BCUT2D eigenvalue weighted by molar-refractivity contribution is 0.458. The van der Waals surface area contributed by atoms with Gasteiger partial charge in [0.15, 0.2) is 0 Å². The van der Waals surface area contributed by atoms with Gasteiger partial charge in [0.1, 0.15) is 5.75 Å². The highest BCUT2D eigenvalue weighted by Gasteiger charge is 2.04. The highest BCUT2D eigenvalue weighted by Crippen LogP contribution is 2.25. The topological polar surface area (TPSA) is 22.1 Å². The molecule has 17 heavy (non-hydrogen) atoms. The largest absolute Gasteiger partial charge is 0.439 e. The quantitative estimate of drug-likeness (QED) is 0.782. The lowest BCUT2D eigenvalue weighted by Crippen LogP contribution is -1.93. The molecule has 1 aromatic heterocycles. The highest BCUT2D eigenvalue weighted by atomic mass is 79.9. The van der Waals surface area contributed by atoms with Gasteiger partial charge in [0.05, 0.1) is 0 Å². The molecular formula is C14H14BrNO. The first-order chi connectivity index (χ1) is 8.33. The number of pyridine rings is 1. The van der Waals surface area contributed by atoms with Crippen LogP contribution in [0.25, 0.3) is 0 Å². The number of nitrogens with zero attached hydrogens (tertiary/aromatic N) is 1. The Hall–Kier alpha value is -1.35. The van der Waals surface area contributed by atoms with E-state index in [0.717, 1.165) is 23.1 Å². The number of aryl methyl sites for hydroxylation is 1. The molecule has 3 heteroatoms. The Morgan fingerprint density at radius 2 is 2.12 bits per heavy atom. The fourth-order valence-corrected chi connectivity index (χ4v) is 1.98. The van der Waals surface area contributed by atoms with Crippen molar-refractivity contribution in [1.82, 2.24) is 4.98 Å². The van der Waals surface area contributed by atoms with Crippen LogP contribution in [0.1, 0.15) is 18.1 Å². The van der Waals surface area contributed by atoms with Crippen LogP contribution >= 0.6 is 15.9 Å². The molecule has 88 valence electrons. The number of alkyl halides is 1.